The van der Waals surface area contributed by atoms with Crippen molar-refractivity contribution in [1.82, 2.24) is 4.90 Å². The summed E-state index contributed by atoms with van der Waals surface area (Å²) in [5, 5.41) is 0. The standard InChI is InChI=1S/C21H29FN2O2/c1-21(2)13-16-14-23(20(25)15-7-10-26-11-8-15)9-6-19(16)24(21)18-5-3-4-17(22)12-18/h3-5,12,15-16,19H,6-11,13-14H2,1-2H3/t16-,19+/m1/s1. The topological polar surface area (TPSA) is 32.8 Å². The lowest BCUT2D eigenvalue weighted by molar-refractivity contribution is -0.140. The summed E-state index contributed by atoms with van der Waals surface area (Å²) in [4.78, 5) is 17.4. The van der Waals surface area contributed by atoms with E-state index < -0.39 is 0 Å². The lowest BCUT2D eigenvalue weighted by Gasteiger charge is -2.42. The van der Waals surface area contributed by atoms with Gasteiger partial charge >= 0.3 is 0 Å². The van der Waals surface area contributed by atoms with Gasteiger partial charge in [0, 0.05) is 49.5 Å². The molecule has 1 amide bonds. The normalized spacial score (nSPS) is 28.9. The van der Waals surface area contributed by atoms with Crippen LogP contribution in [0.3, 0.4) is 0 Å². The molecule has 0 bridgehead atoms. The van der Waals surface area contributed by atoms with Crippen LogP contribution in [0.5, 0.6) is 0 Å². The van der Waals surface area contributed by atoms with Crippen LogP contribution >= 0.6 is 0 Å². The first-order valence-corrected chi connectivity index (χ1v) is 9.87. The number of carbonyl (C=O) groups excluding carboxylic acids is 1. The molecule has 3 heterocycles. The summed E-state index contributed by atoms with van der Waals surface area (Å²) < 4.78 is 19.2. The number of rotatable bonds is 2. The van der Waals surface area contributed by atoms with E-state index in [0.717, 1.165) is 44.5 Å². The minimum atomic E-state index is -0.186. The zero-order valence-corrected chi connectivity index (χ0v) is 15.8. The van der Waals surface area contributed by atoms with Gasteiger partial charge in [0.1, 0.15) is 5.82 Å². The summed E-state index contributed by atoms with van der Waals surface area (Å²) in [6, 6.07) is 7.32. The molecule has 26 heavy (non-hydrogen) atoms. The lowest BCUT2D eigenvalue weighted by atomic mass is 9.88. The molecule has 5 heteroatoms. The molecule has 0 N–H and O–H groups in total. The Kier molecular flexibility index (Phi) is 4.68. The molecular weight excluding hydrogens is 331 g/mol. The van der Waals surface area contributed by atoms with Crippen LogP contribution in [0.2, 0.25) is 0 Å². The van der Waals surface area contributed by atoms with E-state index in [2.05, 4.69) is 23.6 Å². The van der Waals surface area contributed by atoms with E-state index in [0.29, 0.717) is 31.1 Å². The van der Waals surface area contributed by atoms with Gasteiger partial charge in [0.05, 0.1) is 0 Å². The number of likely N-dealkylation sites (tertiary alicyclic amines) is 1. The summed E-state index contributed by atoms with van der Waals surface area (Å²) in [5.41, 5.74) is 0.938. The van der Waals surface area contributed by atoms with Gasteiger partial charge in [-0.3, -0.25) is 4.79 Å². The monoisotopic (exact) mass is 360 g/mol. The molecule has 3 aliphatic heterocycles. The van der Waals surface area contributed by atoms with E-state index in [4.69, 9.17) is 4.74 Å². The number of fused-ring (bicyclic) bond motifs is 1. The van der Waals surface area contributed by atoms with Crippen molar-refractivity contribution in [2.24, 2.45) is 11.8 Å². The average molecular weight is 360 g/mol. The third kappa shape index (κ3) is 3.22. The van der Waals surface area contributed by atoms with E-state index in [1.54, 1.807) is 12.1 Å². The number of carbonyl (C=O) groups is 1. The van der Waals surface area contributed by atoms with Crippen molar-refractivity contribution in [3.05, 3.63) is 30.1 Å². The van der Waals surface area contributed by atoms with E-state index >= 15 is 0 Å². The molecule has 1 aromatic carbocycles. The van der Waals surface area contributed by atoms with Crippen molar-refractivity contribution < 1.29 is 13.9 Å². The Morgan fingerprint density at radius 1 is 1.23 bits per heavy atom. The Morgan fingerprint density at radius 3 is 2.73 bits per heavy atom. The molecule has 1 aromatic rings. The van der Waals surface area contributed by atoms with Gasteiger partial charge in [-0.1, -0.05) is 6.07 Å². The minimum absolute atomic E-state index is 0.0269. The van der Waals surface area contributed by atoms with Gasteiger partial charge < -0.3 is 14.5 Å². The minimum Gasteiger partial charge on any atom is -0.381 e. The lowest BCUT2D eigenvalue weighted by Crippen LogP contribution is -2.51. The highest BCUT2D eigenvalue weighted by Gasteiger charge is 2.49. The predicted molar refractivity (Wildman–Crippen MR) is 99.6 cm³/mol. The first kappa shape index (κ1) is 17.8. The van der Waals surface area contributed by atoms with Crippen molar-refractivity contribution in [1.29, 1.82) is 0 Å². The third-order valence-electron chi connectivity index (χ3n) is 6.41. The van der Waals surface area contributed by atoms with Gasteiger partial charge in [0.15, 0.2) is 0 Å². The van der Waals surface area contributed by atoms with Crippen LogP contribution in [-0.4, -0.2) is 48.7 Å². The van der Waals surface area contributed by atoms with E-state index in [1.165, 1.54) is 6.07 Å². The predicted octanol–water partition coefficient (Wildman–Crippen LogP) is 3.46. The SMILES string of the molecule is CC1(C)C[C@@H]2CN(C(=O)C3CCOCC3)CC[C@@H]2N1c1cccc(F)c1. The summed E-state index contributed by atoms with van der Waals surface area (Å²) >= 11 is 0. The summed E-state index contributed by atoms with van der Waals surface area (Å²) in [6.45, 7) is 7.52. The Bertz CT molecular complexity index is 672. The van der Waals surface area contributed by atoms with Crippen LogP contribution in [0.4, 0.5) is 10.1 Å². The maximum Gasteiger partial charge on any atom is 0.225 e. The number of benzene rings is 1. The van der Waals surface area contributed by atoms with E-state index in [-0.39, 0.29) is 17.3 Å². The van der Waals surface area contributed by atoms with Crippen LogP contribution in [0, 0.1) is 17.7 Å². The van der Waals surface area contributed by atoms with E-state index in [1.807, 2.05) is 6.07 Å². The molecular formula is C21H29FN2O2. The highest BCUT2D eigenvalue weighted by atomic mass is 19.1. The molecule has 0 unspecified atom stereocenters. The Hall–Kier alpha value is -1.62. The Balaban J connectivity index is 1.50. The van der Waals surface area contributed by atoms with Crippen molar-refractivity contribution in [2.45, 2.75) is 51.1 Å². The Labute approximate surface area is 155 Å². The maximum absolute atomic E-state index is 13.8. The molecule has 0 saturated carbocycles. The van der Waals surface area contributed by atoms with Gasteiger partial charge in [-0.2, -0.15) is 0 Å². The summed E-state index contributed by atoms with van der Waals surface area (Å²) in [7, 11) is 0. The number of nitrogens with zero attached hydrogens (tertiary/aromatic N) is 2. The van der Waals surface area contributed by atoms with Crippen LogP contribution in [0.1, 0.15) is 39.5 Å². The number of anilines is 1. The summed E-state index contributed by atoms with van der Waals surface area (Å²) in [5.74, 6) is 0.711. The zero-order valence-electron chi connectivity index (χ0n) is 15.8. The highest BCUT2D eigenvalue weighted by Crippen LogP contribution is 2.45. The first-order chi connectivity index (χ1) is 12.5. The second-order valence-corrected chi connectivity index (χ2v) is 8.65. The largest absolute Gasteiger partial charge is 0.381 e. The summed E-state index contributed by atoms with van der Waals surface area (Å²) in [6.07, 6.45) is 3.69. The molecule has 142 valence electrons. The number of ether oxygens (including phenoxy) is 1. The molecule has 0 radical (unpaired) electrons. The molecule has 4 rings (SSSR count). The molecule has 3 aliphatic rings. The van der Waals surface area contributed by atoms with Gasteiger partial charge in [0.25, 0.3) is 0 Å². The number of amides is 1. The quantitative estimate of drug-likeness (QED) is 0.810. The van der Waals surface area contributed by atoms with Gasteiger partial charge in [0.2, 0.25) is 5.91 Å². The molecule has 3 fully saturated rings. The number of piperidine rings is 1. The van der Waals surface area contributed by atoms with Gasteiger partial charge in [-0.25, -0.2) is 4.39 Å². The zero-order chi connectivity index (χ0) is 18.3. The van der Waals surface area contributed by atoms with Crippen LogP contribution in [0.15, 0.2) is 24.3 Å². The van der Waals surface area contributed by atoms with Crippen LogP contribution in [0.25, 0.3) is 0 Å². The molecule has 0 aliphatic carbocycles. The average Bonchev–Trinajstić information content (AvgIpc) is 2.90. The fourth-order valence-corrected chi connectivity index (χ4v) is 5.32. The van der Waals surface area contributed by atoms with Crippen LogP contribution in [-0.2, 0) is 9.53 Å². The van der Waals surface area contributed by atoms with Crippen molar-refractivity contribution in [3.63, 3.8) is 0 Å². The number of hydrogen-bond acceptors (Lipinski definition) is 3. The second kappa shape index (κ2) is 6.84. The van der Waals surface area contributed by atoms with Crippen LogP contribution < -0.4 is 4.90 Å². The van der Waals surface area contributed by atoms with E-state index in [9.17, 15) is 9.18 Å². The smallest absolute Gasteiger partial charge is 0.225 e. The fraction of sp³-hybridized carbons (Fsp3) is 0.667. The maximum atomic E-state index is 13.8. The number of halogens is 1. The molecule has 2 atom stereocenters. The Morgan fingerprint density at radius 2 is 2.00 bits per heavy atom. The molecule has 0 aromatic heterocycles. The molecule has 0 spiro atoms. The van der Waals surface area contributed by atoms with Crippen molar-refractivity contribution >= 4 is 11.6 Å². The van der Waals surface area contributed by atoms with Crippen molar-refractivity contribution in [2.75, 3.05) is 31.2 Å². The third-order valence-corrected chi connectivity index (χ3v) is 6.41. The second-order valence-electron chi connectivity index (χ2n) is 8.65. The highest BCUT2D eigenvalue weighted by molar-refractivity contribution is 5.79. The fourth-order valence-electron chi connectivity index (χ4n) is 5.32. The molecule has 3 saturated heterocycles. The van der Waals surface area contributed by atoms with Gasteiger partial charge in [-0.05, 0) is 63.6 Å². The van der Waals surface area contributed by atoms with Crippen molar-refractivity contribution in [3.8, 4) is 0 Å². The number of hydrogen-bond donors (Lipinski definition) is 0. The molecule has 4 nitrogen and oxygen atoms in total. The first-order valence-electron chi connectivity index (χ1n) is 9.87. The van der Waals surface area contributed by atoms with Gasteiger partial charge in [-0.15, -0.1) is 0 Å².